The zero-order valence-electron chi connectivity index (χ0n) is 16.4. The number of ether oxygens (including phenoxy) is 4. The molecule has 0 aliphatic heterocycles. The second kappa shape index (κ2) is 11.0. The molecule has 0 saturated carbocycles. The monoisotopic (exact) mass is 386 g/mol. The van der Waals surface area contributed by atoms with E-state index in [0.717, 1.165) is 22.6 Å². The summed E-state index contributed by atoms with van der Waals surface area (Å²) < 4.78 is 21.4. The van der Waals surface area contributed by atoms with E-state index < -0.39 is 12.1 Å². The number of benzene rings is 2. The van der Waals surface area contributed by atoms with Crippen LogP contribution in [0.15, 0.2) is 48.5 Å². The van der Waals surface area contributed by atoms with E-state index in [2.05, 4.69) is 0 Å². The molecule has 0 fully saturated rings. The molecule has 6 heteroatoms. The lowest BCUT2D eigenvalue weighted by molar-refractivity contribution is -0.149. The van der Waals surface area contributed by atoms with Gasteiger partial charge in [-0.2, -0.15) is 0 Å². The Labute approximate surface area is 165 Å². The Hall–Kier alpha value is -2.99. The molecule has 0 aliphatic carbocycles. The second-order valence-corrected chi connectivity index (χ2v) is 5.99. The van der Waals surface area contributed by atoms with E-state index in [-0.39, 0.29) is 0 Å². The fraction of sp³-hybridized carbons (Fsp3) is 0.318. The van der Waals surface area contributed by atoms with E-state index in [4.69, 9.17) is 24.1 Å². The minimum Gasteiger partial charge on any atom is -0.497 e. The zero-order valence-corrected chi connectivity index (χ0v) is 16.4. The maximum absolute atomic E-state index is 11.2. The lowest BCUT2D eigenvalue weighted by Gasteiger charge is -2.12. The van der Waals surface area contributed by atoms with Crippen molar-refractivity contribution in [2.45, 2.75) is 19.4 Å². The van der Waals surface area contributed by atoms with Gasteiger partial charge in [0.15, 0.2) is 6.10 Å². The normalized spacial score (nSPS) is 12.0. The molecule has 2 aromatic rings. The Morgan fingerprint density at radius 1 is 1.04 bits per heavy atom. The fourth-order valence-corrected chi connectivity index (χ4v) is 2.61. The summed E-state index contributed by atoms with van der Waals surface area (Å²) >= 11 is 0. The fourth-order valence-electron chi connectivity index (χ4n) is 2.61. The lowest BCUT2D eigenvalue weighted by atomic mass is 10.1. The topological polar surface area (TPSA) is 74.2 Å². The highest BCUT2D eigenvalue weighted by Gasteiger charge is 2.17. The summed E-state index contributed by atoms with van der Waals surface area (Å²) in [6.07, 6.45) is 3.32. The predicted octanol–water partition coefficient (Wildman–Crippen LogP) is 3.83. The molecule has 0 saturated heterocycles. The van der Waals surface area contributed by atoms with Crippen molar-refractivity contribution in [3.63, 3.8) is 0 Å². The van der Waals surface area contributed by atoms with Gasteiger partial charge in [-0.15, -0.1) is 0 Å². The SMILES string of the molecule is CCOC(Cc1ccc(OCC=Cc2cc(OC)cc(OC)c2)cc1)C(=O)O. The first-order valence-electron chi connectivity index (χ1n) is 9.01. The summed E-state index contributed by atoms with van der Waals surface area (Å²) in [5, 5.41) is 9.15. The standard InChI is InChI=1S/C22H26O6/c1-4-27-21(22(23)24)14-16-7-9-18(10-8-16)28-11-5-6-17-12-19(25-2)15-20(13-17)26-3/h5-10,12-13,15,21H,4,11,14H2,1-3H3,(H,23,24). The largest absolute Gasteiger partial charge is 0.497 e. The van der Waals surface area contributed by atoms with Gasteiger partial charge in [-0.3, -0.25) is 0 Å². The smallest absolute Gasteiger partial charge is 0.333 e. The van der Waals surface area contributed by atoms with Crippen molar-refractivity contribution in [2.75, 3.05) is 27.4 Å². The second-order valence-electron chi connectivity index (χ2n) is 5.99. The molecule has 0 amide bonds. The van der Waals surface area contributed by atoms with Crippen LogP contribution in [0.2, 0.25) is 0 Å². The Bertz CT molecular complexity index is 760. The molecule has 1 atom stereocenters. The van der Waals surface area contributed by atoms with Crippen LogP contribution in [0.5, 0.6) is 17.2 Å². The summed E-state index contributed by atoms with van der Waals surface area (Å²) in [5.74, 6) is 1.20. The number of rotatable bonds is 11. The molecule has 2 rings (SSSR count). The molecule has 0 radical (unpaired) electrons. The van der Waals surface area contributed by atoms with Gasteiger partial charge >= 0.3 is 5.97 Å². The van der Waals surface area contributed by atoms with Gasteiger partial charge in [-0.1, -0.05) is 18.2 Å². The van der Waals surface area contributed by atoms with Gasteiger partial charge in [0.2, 0.25) is 0 Å². The van der Waals surface area contributed by atoms with Crippen LogP contribution in [0.4, 0.5) is 0 Å². The summed E-state index contributed by atoms with van der Waals surface area (Å²) in [7, 11) is 3.23. The molecule has 1 N–H and O–H groups in total. The molecule has 0 aromatic heterocycles. The third kappa shape index (κ3) is 6.63. The molecule has 0 bridgehead atoms. The molecule has 2 aromatic carbocycles. The first-order chi connectivity index (χ1) is 13.5. The van der Waals surface area contributed by atoms with Crippen molar-refractivity contribution in [2.24, 2.45) is 0 Å². The van der Waals surface area contributed by atoms with Gasteiger partial charge in [0.05, 0.1) is 14.2 Å². The molecular formula is C22H26O6. The van der Waals surface area contributed by atoms with Gasteiger partial charge in [-0.25, -0.2) is 4.79 Å². The number of hydrogen-bond acceptors (Lipinski definition) is 5. The summed E-state index contributed by atoms with van der Waals surface area (Å²) in [6.45, 7) is 2.54. The summed E-state index contributed by atoms with van der Waals surface area (Å²) in [5.41, 5.74) is 1.83. The highest BCUT2D eigenvalue weighted by atomic mass is 16.5. The third-order valence-electron chi connectivity index (χ3n) is 4.02. The first kappa shape index (κ1) is 21.3. The predicted molar refractivity (Wildman–Crippen MR) is 107 cm³/mol. The van der Waals surface area contributed by atoms with Crippen LogP contribution >= 0.6 is 0 Å². The highest BCUT2D eigenvalue weighted by Crippen LogP contribution is 2.23. The average Bonchev–Trinajstić information content (AvgIpc) is 2.71. The summed E-state index contributed by atoms with van der Waals surface area (Å²) in [6, 6.07) is 13.0. The zero-order chi connectivity index (χ0) is 20.4. The van der Waals surface area contributed by atoms with Crippen LogP contribution in [-0.2, 0) is 16.0 Å². The number of carboxylic acid groups (broad SMARTS) is 1. The van der Waals surface area contributed by atoms with Crippen molar-refractivity contribution in [1.29, 1.82) is 0 Å². The van der Waals surface area contributed by atoms with E-state index in [1.54, 1.807) is 21.1 Å². The third-order valence-corrected chi connectivity index (χ3v) is 4.02. The quantitative estimate of drug-likeness (QED) is 0.633. The summed E-state index contributed by atoms with van der Waals surface area (Å²) in [4.78, 5) is 11.2. The van der Waals surface area contributed by atoms with Crippen LogP contribution in [0.1, 0.15) is 18.1 Å². The van der Waals surface area contributed by atoms with E-state index >= 15 is 0 Å². The molecule has 150 valence electrons. The molecule has 1 unspecified atom stereocenters. The molecule has 0 spiro atoms. The Kier molecular flexibility index (Phi) is 8.37. The molecule has 6 nitrogen and oxygen atoms in total. The van der Waals surface area contributed by atoms with Gasteiger partial charge in [0.25, 0.3) is 0 Å². The van der Waals surface area contributed by atoms with Crippen molar-refractivity contribution in [3.05, 3.63) is 59.7 Å². The van der Waals surface area contributed by atoms with Crippen molar-refractivity contribution >= 4 is 12.0 Å². The van der Waals surface area contributed by atoms with Gasteiger partial charge in [0.1, 0.15) is 23.9 Å². The van der Waals surface area contributed by atoms with E-state index in [0.29, 0.717) is 25.4 Å². The molecule has 28 heavy (non-hydrogen) atoms. The molecular weight excluding hydrogens is 360 g/mol. The first-order valence-corrected chi connectivity index (χ1v) is 9.01. The minimum absolute atomic E-state index is 0.320. The van der Waals surface area contributed by atoms with Gasteiger partial charge in [0, 0.05) is 19.1 Å². The number of methoxy groups -OCH3 is 2. The number of carboxylic acids is 1. The van der Waals surface area contributed by atoms with E-state index in [1.165, 1.54) is 0 Å². The Morgan fingerprint density at radius 2 is 1.68 bits per heavy atom. The van der Waals surface area contributed by atoms with Gasteiger partial charge < -0.3 is 24.1 Å². The Balaban J connectivity index is 1.89. The number of hydrogen-bond donors (Lipinski definition) is 1. The maximum atomic E-state index is 11.2. The Morgan fingerprint density at radius 3 is 2.21 bits per heavy atom. The number of aliphatic carboxylic acids is 1. The average molecular weight is 386 g/mol. The van der Waals surface area contributed by atoms with Crippen LogP contribution < -0.4 is 14.2 Å². The van der Waals surface area contributed by atoms with Crippen molar-refractivity contribution < 1.29 is 28.8 Å². The van der Waals surface area contributed by atoms with Crippen LogP contribution in [-0.4, -0.2) is 44.6 Å². The molecule has 0 aliphatic rings. The lowest BCUT2D eigenvalue weighted by Crippen LogP contribution is -2.26. The van der Waals surface area contributed by atoms with Crippen LogP contribution in [0.3, 0.4) is 0 Å². The highest BCUT2D eigenvalue weighted by molar-refractivity contribution is 5.72. The van der Waals surface area contributed by atoms with Gasteiger partial charge in [-0.05, 0) is 48.4 Å². The van der Waals surface area contributed by atoms with Crippen LogP contribution in [0, 0.1) is 0 Å². The van der Waals surface area contributed by atoms with E-state index in [9.17, 15) is 4.79 Å². The van der Waals surface area contributed by atoms with E-state index in [1.807, 2.05) is 54.6 Å². The molecule has 0 heterocycles. The van der Waals surface area contributed by atoms with Crippen molar-refractivity contribution in [1.82, 2.24) is 0 Å². The van der Waals surface area contributed by atoms with Crippen molar-refractivity contribution in [3.8, 4) is 17.2 Å². The number of carbonyl (C=O) groups is 1. The maximum Gasteiger partial charge on any atom is 0.333 e. The van der Waals surface area contributed by atoms with Crippen LogP contribution in [0.25, 0.3) is 6.08 Å². The minimum atomic E-state index is -0.957.